The van der Waals surface area contributed by atoms with Crippen LogP contribution in [0.15, 0.2) is 42.5 Å². The molecule has 0 saturated heterocycles. The zero-order valence-electron chi connectivity index (χ0n) is 17.5. The number of carbonyl (C=O) groups excluding carboxylic acids is 2. The molecule has 1 aliphatic heterocycles. The number of hydrogen-bond donors (Lipinski definition) is 2. The molecule has 6 heteroatoms. The number of ether oxygens (including phenoxy) is 1. The van der Waals surface area contributed by atoms with E-state index in [4.69, 9.17) is 4.74 Å². The van der Waals surface area contributed by atoms with Gasteiger partial charge in [0.1, 0.15) is 5.75 Å². The van der Waals surface area contributed by atoms with Gasteiger partial charge in [0.25, 0.3) is 0 Å². The molecule has 0 aliphatic carbocycles. The molecule has 1 aliphatic rings. The number of anilines is 1. The Morgan fingerprint density at radius 3 is 2.38 bits per heavy atom. The minimum Gasteiger partial charge on any atom is -0.493 e. The summed E-state index contributed by atoms with van der Waals surface area (Å²) in [7, 11) is 3.91. The molecular weight excluding hydrogens is 366 g/mol. The Hall–Kier alpha value is -2.86. The average molecular weight is 396 g/mol. The van der Waals surface area contributed by atoms with Gasteiger partial charge in [0.2, 0.25) is 0 Å². The van der Waals surface area contributed by atoms with Crippen LogP contribution in [0.25, 0.3) is 0 Å². The monoisotopic (exact) mass is 395 g/mol. The summed E-state index contributed by atoms with van der Waals surface area (Å²) in [5.74, 6) is 0.0337. The van der Waals surface area contributed by atoms with E-state index in [1.54, 1.807) is 0 Å². The van der Waals surface area contributed by atoms with Gasteiger partial charge in [-0.05, 0) is 54.9 Å². The zero-order valence-corrected chi connectivity index (χ0v) is 17.5. The van der Waals surface area contributed by atoms with Gasteiger partial charge >= 0.3 is 11.8 Å². The highest BCUT2D eigenvalue weighted by molar-refractivity contribution is 6.39. The van der Waals surface area contributed by atoms with E-state index < -0.39 is 11.8 Å². The summed E-state index contributed by atoms with van der Waals surface area (Å²) in [4.78, 5) is 26.6. The normalized spacial score (nSPS) is 13.7. The molecule has 6 nitrogen and oxygen atoms in total. The summed E-state index contributed by atoms with van der Waals surface area (Å²) in [5, 5.41) is 5.41. The molecule has 2 amide bonds. The van der Waals surface area contributed by atoms with Crippen molar-refractivity contribution in [2.75, 3.05) is 32.6 Å². The van der Waals surface area contributed by atoms with Gasteiger partial charge in [-0.25, -0.2) is 0 Å². The fourth-order valence-electron chi connectivity index (χ4n) is 3.42. The van der Waals surface area contributed by atoms with Crippen LogP contribution < -0.4 is 15.4 Å². The van der Waals surface area contributed by atoms with Crippen LogP contribution in [-0.4, -0.2) is 44.0 Å². The van der Waals surface area contributed by atoms with Crippen molar-refractivity contribution in [2.45, 2.75) is 32.2 Å². The summed E-state index contributed by atoms with van der Waals surface area (Å²) in [6.07, 6.45) is 0.897. The fraction of sp³-hybridized carbons (Fsp3) is 0.391. The fourth-order valence-corrected chi connectivity index (χ4v) is 3.42. The van der Waals surface area contributed by atoms with Crippen LogP contribution in [0.1, 0.15) is 42.5 Å². The molecule has 0 bridgehead atoms. The molecule has 2 aromatic carbocycles. The zero-order chi connectivity index (χ0) is 21.0. The molecular formula is C23H29N3O3. The van der Waals surface area contributed by atoms with Gasteiger partial charge in [-0.3, -0.25) is 9.59 Å². The van der Waals surface area contributed by atoms with Gasteiger partial charge in [0, 0.05) is 18.7 Å². The molecule has 0 radical (unpaired) electrons. The van der Waals surface area contributed by atoms with Gasteiger partial charge in [0.15, 0.2) is 0 Å². The maximum Gasteiger partial charge on any atom is 0.313 e. The largest absolute Gasteiger partial charge is 0.493 e. The molecule has 0 fully saturated rings. The molecule has 2 aromatic rings. The van der Waals surface area contributed by atoms with Crippen LogP contribution in [0, 0.1) is 0 Å². The summed E-state index contributed by atoms with van der Waals surface area (Å²) in [6, 6.07) is 13.6. The van der Waals surface area contributed by atoms with Gasteiger partial charge in [-0.1, -0.05) is 38.1 Å². The highest BCUT2D eigenvalue weighted by atomic mass is 16.5. The minimum absolute atomic E-state index is 0.0389. The molecule has 1 atom stereocenters. The molecule has 0 spiro atoms. The van der Waals surface area contributed by atoms with Crippen molar-refractivity contribution in [3.8, 4) is 5.75 Å². The molecule has 1 unspecified atom stereocenters. The van der Waals surface area contributed by atoms with Gasteiger partial charge < -0.3 is 20.3 Å². The van der Waals surface area contributed by atoms with Crippen molar-refractivity contribution in [1.82, 2.24) is 10.2 Å². The average Bonchev–Trinajstić information content (AvgIpc) is 3.16. The minimum atomic E-state index is -0.665. The van der Waals surface area contributed by atoms with Crippen LogP contribution in [-0.2, 0) is 16.0 Å². The van der Waals surface area contributed by atoms with Crippen molar-refractivity contribution < 1.29 is 14.3 Å². The number of fused-ring (bicyclic) bond motifs is 1. The number of carbonyl (C=O) groups is 2. The van der Waals surface area contributed by atoms with Gasteiger partial charge in [0.05, 0.1) is 12.6 Å². The van der Waals surface area contributed by atoms with Crippen molar-refractivity contribution in [3.05, 3.63) is 59.2 Å². The topological polar surface area (TPSA) is 70.7 Å². The standard InChI is InChI=1S/C23H29N3O3/c1-15(2)16-5-8-19(9-6-16)25-23(28)22(27)24-14-20(26(3)4)17-7-10-21-18(13-17)11-12-29-21/h5-10,13,15,20H,11-12,14H2,1-4H3,(H,24,27)(H,25,28). The second-order valence-corrected chi connectivity index (χ2v) is 7.89. The number of benzene rings is 2. The maximum absolute atomic E-state index is 12.3. The first kappa shape index (κ1) is 20.9. The van der Waals surface area contributed by atoms with Crippen LogP contribution in [0.5, 0.6) is 5.75 Å². The first-order valence-corrected chi connectivity index (χ1v) is 9.96. The Labute approximate surface area is 172 Å². The SMILES string of the molecule is CC(C)c1ccc(NC(=O)C(=O)NCC(c2ccc3c(c2)CCO3)N(C)C)cc1. The second kappa shape index (κ2) is 9.09. The van der Waals surface area contributed by atoms with Crippen molar-refractivity contribution in [3.63, 3.8) is 0 Å². The van der Waals surface area contributed by atoms with E-state index in [1.165, 1.54) is 11.1 Å². The van der Waals surface area contributed by atoms with Crippen molar-refractivity contribution in [2.24, 2.45) is 0 Å². The number of likely N-dealkylation sites (N-methyl/N-ethyl adjacent to an activating group) is 1. The second-order valence-electron chi connectivity index (χ2n) is 7.89. The van der Waals surface area contributed by atoms with E-state index in [-0.39, 0.29) is 6.04 Å². The molecule has 0 aromatic heterocycles. The van der Waals surface area contributed by atoms with Crippen molar-refractivity contribution >= 4 is 17.5 Å². The van der Waals surface area contributed by atoms with E-state index in [0.717, 1.165) is 17.7 Å². The van der Waals surface area contributed by atoms with Crippen LogP contribution in [0.2, 0.25) is 0 Å². The number of rotatable bonds is 6. The summed E-state index contributed by atoms with van der Waals surface area (Å²) in [5.41, 5.74) is 4.06. The third-order valence-corrected chi connectivity index (χ3v) is 5.22. The van der Waals surface area contributed by atoms with Crippen LogP contribution in [0.4, 0.5) is 5.69 Å². The third-order valence-electron chi connectivity index (χ3n) is 5.22. The predicted octanol–water partition coefficient (Wildman–Crippen LogP) is 3.10. The number of nitrogens with one attached hydrogen (secondary N) is 2. The lowest BCUT2D eigenvalue weighted by atomic mass is 10.0. The lowest BCUT2D eigenvalue weighted by molar-refractivity contribution is -0.136. The molecule has 2 N–H and O–H groups in total. The Kier molecular flexibility index (Phi) is 6.54. The first-order valence-electron chi connectivity index (χ1n) is 9.96. The summed E-state index contributed by atoms with van der Waals surface area (Å²) < 4.78 is 5.56. The van der Waals surface area contributed by atoms with Crippen LogP contribution >= 0.6 is 0 Å². The molecule has 29 heavy (non-hydrogen) atoms. The molecule has 154 valence electrons. The summed E-state index contributed by atoms with van der Waals surface area (Å²) >= 11 is 0. The maximum atomic E-state index is 12.3. The smallest absolute Gasteiger partial charge is 0.313 e. The number of nitrogens with zero attached hydrogens (tertiary/aromatic N) is 1. The lowest BCUT2D eigenvalue weighted by Gasteiger charge is -2.25. The summed E-state index contributed by atoms with van der Waals surface area (Å²) in [6.45, 7) is 5.26. The Morgan fingerprint density at radius 1 is 1.03 bits per heavy atom. The Balaban J connectivity index is 1.59. The predicted molar refractivity (Wildman–Crippen MR) is 114 cm³/mol. The van der Waals surface area contributed by atoms with E-state index in [0.29, 0.717) is 24.8 Å². The Bertz CT molecular complexity index is 875. The van der Waals surface area contributed by atoms with Gasteiger partial charge in [-0.15, -0.1) is 0 Å². The molecule has 0 saturated carbocycles. The van der Waals surface area contributed by atoms with Crippen LogP contribution in [0.3, 0.4) is 0 Å². The Morgan fingerprint density at radius 2 is 1.72 bits per heavy atom. The number of hydrogen-bond acceptors (Lipinski definition) is 4. The van der Waals surface area contributed by atoms with E-state index in [1.807, 2.05) is 55.4 Å². The lowest BCUT2D eigenvalue weighted by Crippen LogP contribution is -2.40. The molecule has 1 heterocycles. The molecule has 3 rings (SSSR count). The van der Waals surface area contributed by atoms with E-state index >= 15 is 0 Å². The number of amides is 2. The van der Waals surface area contributed by atoms with E-state index in [9.17, 15) is 9.59 Å². The third kappa shape index (κ3) is 5.15. The first-order chi connectivity index (χ1) is 13.8. The highest BCUT2D eigenvalue weighted by Crippen LogP contribution is 2.29. The highest BCUT2D eigenvalue weighted by Gasteiger charge is 2.21. The van der Waals surface area contributed by atoms with Gasteiger partial charge in [-0.2, -0.15) is 0 Å². The van der Waals surface area contributed by atoms with Crippen molar-refractivity contribution in [1.29, 1.82) is 0 Å². The quantitative estimate of drug-likeness (QED) is 0.738. The van der Waals surface area contributed by atoms with E-state index in [2.05, 4.69) is 30.5 Å².